The molecule has 110 valence electrons. The van der Waals surface area contributed by atoms with E-state index in [9.17, 15) is 14.7 Å². The summed E-state index contributed by atoms with van der Waals surface area (Å²) in [5, 5.41) is 12.2. The molecule has 0 aromatic heterocycles. The topological polar surface area (TPSA) is 91.1 Å². The number of amides is 1. The van der Waals surface area contributed by atoms with Gasteiger partial charge in [0.15, 0.2) is 0 Å². The highest BCUT2D eigenvalue weighted by molar-refractivity contribution is 7.99. The Balaban J connectivity index is 1.82. The van der Waals surface area contributed by atoms with Crippen LogP contribution in [0.15, 0.2) is 26.9 Å². The number of carboxylic acid groups (broad SMARTS) is 1. The van der Waals surface area contributed by atoms with Crippen LogP contribution in [-0.4, -0.2) is 34.0 Å². The van der Waals surface area contributed by atoms with Gasteiger partial charge in [-0.25, -0.2) is 4.79 Å². The van der Waals surface area contributed by atoms with Gasteiger partial charge in [0.25, 0.3) is 5.91 Å². The summed E-state index contributed by atoms with van der Waals surface area (Å²) < 4.78 is 8.17. The summed E-state index contributed by atoms with van der Waals surface area (Å²) >= 11 is 2.79. The van der Waals surface area contributed by atoms with Crippen molar-refractivity contribution in [2.45, 2.75) is 18.4 Å². The Labute approximate surface area is 129 Å². The van der Waals surface area contributed by atoms with Crippen molar-refractivity contribution in [2.24, 2.45) is 8.73 Å². The number of carbonyl (C=O) groups is 2. The first-order chi connectivity index (χ1) is 10.1. The highest BCUT2D eigenvalue weighted by Gasteiger charge is 2.41. The van der Waals surface area contributed by atoms with E-state index in [4.69, 9.17) is 0 Å². The number of hydrogen-bond donors (Lipinski definition) is 2. The van der Waals surface area contributed by atoms with Crippen LogP contribution in [0.3, 0.4) is 0 Å². The van der Waals surface area contributed by atoms with Crippen LogP contribution in [0.25, 0.3) is 0 Å². The lowest BCUT2D eigenvalue weighted by molar-refractivity contribution is -0.144. The SMILES string of the molecule is O=C(NC1(C(=O)O)CCSCC1)c1ccc2c(c1)N=S=N2. The minimum absolute atomic E-state index is 0.376. The maximum atomic E-state index is 12.4. The predicted molar refractivity (Wildman–Crippen MR) is 82.4 cm³/mol. The minimum Gasteiger partial charge on any atom is -0.480 e. The number of aliphatic carboxylic acids is 1. The molecule has 2 N–H and O–H groups in total. The number of nitrogens with zero attached hydrogens (tertiary/aromatic N) is 2. The van der Waals surface area contributed by atoms with Gasteiger partial charge in [0.05, 0.1) is 11.4 Å². The molecule has 1 aromatic rings. The maximum absolute atomic E-state index is 12.4. The van der Waals surface area contributed by atoms with Gasteiger partial charge in [0, 0.05) is 5.56 Å². The molecule has 0 spiro atoms. The Morgan fingerprint density at radius 2 is 1.90 bits per heavy atom. The van der Waals surface area contributed by atoms with Gasteiger partial charge in [-0.15, -0.1) is 0 Å². The van der Waals surface area contributed by atoms with Crippen molar-refractivity contribution in [3.63, 3.8) is 0 Å². The van der Waals surface area contributed by atoms with E-state index >= 15 is 0 Å². The van der Waals surface area contributed by atoms with Crippen LogP contribution in [0.1, 0.15) is 23.2 Å². The van der Waals surface area contributed by atoms with Crippen LogP contribution < -0.4 is 5.32 Å². The number of benzene rings is 1. The lowest BCUT2D eigenvalue weighted by atomic mass is 9.92. The second kappa shape index (κ2) is 5.61. The smallest absolute Gasteiger partial charge is 0.329 e. The molecule has 1 amide bonds. The van der Waals surface area contributed by atoms with Gasteiger partial charge in [-0.2, -0.15) is 20.5 Å². The summed E-state index contributed by atoms with van der Waals surface area (Å²) in [6.45, 7) is 0. The predicted octanol–water partition coefficient (Wildman–Crippen LogP) is 2.49. The van der Waals surface area contributed by atoms with E-state index in [2.05, 4.69) is 14.0 Å². The summed E-state index contributed by atoms with van der Waals surface area (Å²) in [7, 11) is 0. The molecule has 1 saturated heterocycles. The second-order valence-corrected chi connectivity index (χ2v) is 6.67. The molecule has 1 aromatic carbocycles. The van der Waals surface area contributed by atoms with Crippen molar-refractivity contribution >= 4 is 46.4 Å². The Bertz CT molecular complexity index is 677. The normalized spacial score (nSPS) is 18.7. The van der Waals surface area contributed by atoms with Gasteiger partial charge >= 0.3 is 5.97 Å². The summed E-state index contributed by atoms with van der Waals surface area (Å²) in [4.78, 5) is 23.9. The molecule has 0 radical (unpaired) electrons. The lowest BCUT2D eigenvalue weighted by Gasteiger charge is -2.33. The molecule has 6 nitrogen and oxygen atoms in total. The second-order valence-electron chi connectivity index (χ2n) is 4.92. The molecular weight excluding hydrogens is 310 g/mol. The zero-order valence-corrected chi connectivity index (χ0v) is 12.7. The first-order valence-electron chi connectivity index (χ1n) is 6.47. The third-order valence-corrected chi connectivity index (χ3v) is 5.17. The number of carboxylic acids is 1. The molecule has 0 unspecified atom stereocenters. The first kappa shape index (κ1) is 14.3. The largest absolute Gasteiger partial charge is 0.480 e. The van der Waals surface area contributed by atoms with Crippen LogP contribution in [0.5, 0.6) is 0 Å². The lowest BCUT2D eigenvalue weighted by Crippen LogP contribution is -2.56. The molecule has 2 aliphatic rings. The molecule has 0 aliphatic carbocycles. The van der Waals surface area contributed by atoms with E-state index in [1.807, 2.05) is 0 Å². The zero-order valence-electron chi connectivity index (χ0n) is 11.0. The Kier molecular flexibility index (Phi) is 3.81. The Morgan fingerprint density at radius 3 is 2.62 bits per heavy atom. The van der Waals surface area contributed by atoms with E-state index in [1.165, 1.54) is 0 Å². The van der Waals surface area contributed by atoms with Crippen LogP contribution in [0.2, 0.25) is 0 Å². The summed E-state index contributed by atoms with van der Waals surface area (Å²) in [6, 6.07) is 5.01. The van der Waals surface area contributed by atoms with Crippen molar-refractivity contribution in [3.8, 4) is 0 Å². The Morgan fingerprint density at radius 1 is 1.19 bits per heavy atom. The zero-order chi connectivity index (χ0) is 14.9. The maximum Gasteiger partial charge on any atom is 0.329 e. The van der Waals surface area contributed by atoms with Gasteiger partial charge in [0.1, 0.15) is 16.9 Å². The fraction of sp³-hybridized carbons (Fsp3) is 0.385. The van der Waals surface area contributed by atoms with E-state index in [1.54, 1.807) is 30.0 Å². The molecule has 3 rings (SSSR count). The van der Waals surface area contributed by atoms with Crippen molar-refractivity contribution in [2.75, 3.05) is 11.5 Å². The molecule has 0 atom stereocenters. The average Bonchev–Trinajstić information content (AvgIpc) is 2.95. The first-order valence-corrected chi connectivity index (χ1v) is 8.35. The molecule has 21 heavy (non-hydrogen) atoms. The number of rotatable bonds is 3. The molecule has 8 heteroatoms. The third-order valence-electron chi connectivity index (χ3n) is 3.62. The van der Waals surface area contributed by atoms with E-state index in [0.29, 0.717) is 24.1 Å². The van der Waals surface area contributed by atoms with Crippen molar-refractivity contribution in [3.05, 3.63) is 23.8 Å². The molecular formula is C13H13N3O3S2. The quantitative estimate of drug-likeness (QED) is 0.908. The highest BCUT2D eigenvalue weighted by Crippen LogP contribution is 2.33. The summed E-state index contributed by atoms with van der Waals surface area (Å²) in [6.07, 6.45) is 0.887. The van der Waals surface area contributed by atoms with E-state index in [-0.39, 0.29) is 5.91 Å². The van der Waals surface area contributed by atoms with Crippen LogP contribution in [-0.2, 0) is 16.1 Å². The Hall–Kier alpha value is -1.67. The van der Waals surface area contributed by atoms with Gasteiger partial charge in [0.2, 0.25) is 0 Å². The standard InChI is InChI=1S/C13H13N3O3S2/c17-11(8-1-2-9-10(7-8)16-21-15-9)14-13(12(18)19)3-5-20-6-4-13/h1-2,7H,3-6H2,(H,14,17)(H,18,19). The fourth-order valence-electron chi connectivity index (χ4n) is 2.33. The summed E-state index contributed by atoms with van der Waals surface area (Å²) in [5.74, 6) is 0.134. The van der Waals surface area contributed by atoms with Gasteiger partial charge in [-0.1, -0.05) is 0 Å². The van der Waals surface area contributed by atoms with Crippen molar-refractivity contribution < 1.29 is 14.7 Å². The number of thioether (sulfide) groups is 1. The molecule has 0 bridgehead atoms. The number of hydrogen-bond acceptors (Lipinski definition) is 5. The van der Waals surface area contributed by atoms with Crippen LogP contribution in [0.4, 0.5) is 11.4 Å². The van der Waals surface area contributed by atoms with Crippen LogP contribution >= 0.6 is 11.8 Å². The fourth-order valence-corrected chi connectivity index (χ4v) is 4.03. The van der Waals surface area contributed by atoms with Crippen molar-refractivity contribution in [1.82, 2.24) is 5.32 Å². The number of nitrogens with one attached hydrogen (secondary N) is 1. The van der Waals surface area contributed by atoms with Gasteiger partial charge in [-0.3, -0.25) is 4.79 Å². The number of fused-ring (bicyclic) bond motifs is 1. The van der Waals surface area contributed by atoms with Gasteiger partial charge < -0.3 is 10.4 Å². The van der Waals surface area contributed by atoms with Crippen molar-refractivity contribution in [1.29, 1.82) is 0 Å². The van der Waals surface area contributed by atoms with E-state index < -0.39 is 11.5 Å². The summed E-state index contributed by atoms with van der Waals surface area (Å²) in [5.41, 5.74) is 0.640. The van der Waals surface area contributed by atoms with Crippen LogP contribution in [0, 0.1) is 0 Å². The van der Waals surface area contributed by atoms with Gasteiger partial charge in [-0.05, 0) is 42.5 Å². The highest BCUT2D eigenvalue weighted by atomic mass is 32.2. The molecule has 2 heterocycles. The monoisotopic (exact) mass is 323 g/mol. The number of carbonyl (C=O) groups excluding carboxylic acids is 1. The average molecular weight is 323 g/mol. The molecule has 1 fully saturated rings. The molecule has 0 saturated carbocycles. The minimum atomic E-state index is -1.16. The molecule has 2 aliphatic heterocycles. The third kappa shape index (κ3) is 2.73. The van der Waals surface area contributed by atoms with E-state index in [0.717, 1.165) is 28.5 Å².